The Bertz CT molecular complexity index is 461. The van der Waals surface area contributed by atoms with E-state index in [-0.39, 0.29) is 12.6 Å². The van der Waals surface area contributed by atoms with Crippen molar-refractivity contribution in [3.63, 3.8) is 0 Å². The summed E-state index contributed by atoms with van der Waals surface area (Å²) in [7, 11) is 0. The van der Waals surface area contributed by atoms with E-state index in [1.54, 1.807) is 0 Å². The fourth-order valence-electron chi connectivity index (χ4n) is 2.34. The third-order valence-electron chi connectivity index (χ3n) is 3.51. The second-order valence-electron chi connectivity index (χ2n) is 5.04. The molecule has 1 aromatic heterocycles. The zero-order valence-corrected chi connectivity index (χ0v) is 11.4. The summed E-state index contributed by atoms with van der Waals surface area (Å²) in [6, 6.07) is 0.418. The van der Waals surface area contributed by atoms with Gasteiger partial charge in [0.15, 0.2) is 0 Å². The summed E-state index contributed by atoms with van der Waals surface area (Å²) < 4.78 is 5.33. The maximum Gasteiger partial charge on any atom is 0.232 e. The molecular weight excluding hydrogens is 260 g/mol. The number of nitrogen functional groups attached to an aromatic ring is 1. The van der Waals surface area contributed by atoms with Gasteiger partial charge < -0.3 is 25.4 Å². The molecule has 1 aliphatic heterocycles. The van der Waals surface area contributed by atoms with Gasteiger partial charge in [-0.15, -0.1) is 0 Å². The van der Waals surface area contributed by atoms with Crippen molar-refractivity contribution in [1.29, 1.82) is 0 Å². The Morgan fingerprint density at radius 2 is 2.00 bits per heavy atom. The van der Waals surface area contributed by atoms with E-state index in [9.17, 15) is 5.11 Å². The second kappa shape index (κ2) is 5.76. The highest BCUT2D eigenvalue weighted by atomic mass is 16.5. The van der Waals surface area contributed by atoms with Crippen molar-refractivity contribution < 1.29 is 9.84 Å². The molecule has 0 aromatic carbocycles. The molecule has 0 amide bonds. The Hall–Kier alpha value is -1.67. The number of anilines is 3. The minimum absolute atomic E-state index is 0.0783. The van der Waals surface area contributed by atoms with Crippen LogP contribution in [0.5, 0.6) is 0 Å². The largest absolute Gasteiger partial charge is 0.395 e. The maximum atomic E-state index is 9.19. The van der Waals surface area contributed by atoms with Crippen LogP contribution in [0.15, 0.2) is 0 Å². The number of aromatic nitrogens is 3. The quantitative estimate of drug-likeness (QED) is 0.727. The minimum Gasteiger partial charge on any atom is -0.395 e. The fraction of sp³-hybridized carbons (Fsp3) is 0.750. The van der Waals surface area contributed by atoms with Gasteiger partial charge in [-0.05, 0) is 12.8 Å². The van der Waals surface area contributed by atoms with Crippen LogP contribution in [0, 0.1) is 0 Å². The van der Waals surface area contributed by atoms with Crippen LogP contribution < -0.4 is 15.5 Å². The van der Waals surface area contributed by atoms with Crippen LogP contribution in [0.3, 0.4) is 0 Å². The smallest absolute Gasteiger partial charge is 0.232 e. The molecule has 3 N–H and O–H groups in total. The Balaban J connectivity index is 1.84. The standard InChI is InChI=1S/C12H20N6O2/c13-10-14-11(17-4-7-20-8-5-17)16-12(15-10)18(3-6-19)9-1-2-9/h9,19H,1-8H2,(H2,13,14,15,16). The van der Waals surface area contributed by atoms with Crippen molar-refractivity contribution in [2.24, 2.45) is 0 Å². The van der Waals surface area contributed by atoms with Gasteiger partial charge in [0, 0.05) is 25.7 Å². The van der Waals surface area contributed by atoms with Crippen LogP contribution in [0.25, 0.3) is 0 Å². The van der Waals surface area contributed by atoms with E-state index < -0.39 is 0 Å². The lowest BCUT2D eigenvalue weighted by molar-refractivity contribution is 0.122. The Kier molecular flexibility index (Phi) is 3.83. The van der Waals surface area contributed by atoms with Crippen LogP contribution in [-0.2, 0) is 4.74 Å². The predicted octanol–water partition coefficient (Wildman–Crippen LogP) is -0.748. The van der Waals surface area contributed by atoms with Gasteiger partial charge in [-0.1, -0.05) is 0 Å². The van der Waals surface area contributed by atoms with Crippen LogP contribution in [0.4, 0.5) is 17.8 Å². The lowest BCUT2D eigenvalue weighted by atomic mass is 10.4. The average molecular weight is 280 g/mol. The molecule has 0 bridgehead atoms. The number of aliphatic hydroxyl groups is 1. The number of nitrogens with two attached hydrogens (primary N) is 1. The number of nitrogens with zero attached hydrogens (tertiary/aromatic N) is 5. The molecule has 0 atom stereocenters. The summed E-state index contributed by atoms with van der Waals surface area (Å²) in [4.78, 5) is 17.0. The van der Waals surface area contributed by atoms with Crippen LogP contribution in [0.1, 0.15) is 12.8 Å². The number of hydrogen-bond donors (Lipinski definition) is 2. The molecule has 1 saturated heterocycles. The molecule has 8 nitrogen and oxygen atoms in total. The third-order valence-corrected chi connectivity index (χ3v) is 3.51. The zero-order chi connectivity index (χ0) is 13.9. The van der Waals surface area contributed by atoms with E-state index in [1.165, 1.54) is 0 Å². The molecule has 1 aromatic rings. The summed E-state index contributed by atoms with van der Waals surface area (Å²) in [6.45, 7) is 3.46. The van der Waals surface area contributed by atoms with Crippen molar-refractivity contribution in [1.82, 2.24) is 15.0 Å². The van der Waals surface area contributed by atoms with Crippen molar-refractivity contribution in [2.45, 2.75) is 18.9 Å². The summed E-state index contributed by atoms with van der Waals surface area (Å²) in [5.41, 5.74) is 5.81. The highest BCUT2D eigenvalue weighted by Crippen LogP contribution is 2.30. The van der Waals surface area contributed by atoms with E-state index in [0.717, 1.165) is 25.9 Å². The summed E-state index contributed by atoms with van der Waals surface area (Å²) in [6.07, 6.45) is 2.22. The first kappa shape index (κ1) is 13.3. The minimum atomic E-state index is 0.0783. The fourth-order valence-corrected chi connectivity index (χ4v) is 2.34. The van der Waals surface area contributed by atoms with E-state index >= 15 is 0 Å². The monoisotopic (exact) mass is 280 g/mol. The Labute approximate surface area is 117 Å². The van der Waals surface area contributed by atoms with Crippen molar-refractivity contribution in [2.75, 3.05) is 55.0 Å². The molecular formula is C12H20N6O2. The third kappa shape index (κ3) is 2.91. The maximum absolute atomic E-state index is 9.19. The van der Waals surface area contributed by atoms with Crippen LogP contribution >= 0.6 is 0 Å². The molecule has 8 heteroatoms. The van der Waals surface area contributed by atoms with Crippen LogP contribution in [0.2, 0.25) is 0 Å². The molecule has 1 aliphatic carbocycles. The predicted molar refractivity (Wildman–Crippen MR) is 74.7 cm³/mol. The number of rotatable bonds is 5. The molecule has 2 aliphatic rings. The van der Waals surface area contributed by atoms with Crippen molar-refractivity contribution >= 4 is 17.8 Å². The van der Waals surface area contributed by atoms with E-state index in [4.69, 9.17) is 10.5 Å². The molecule has 20 heavy (non-hydrogen) atoms. The first-order chi connectivity index (χ1) is 9.78. The Morgan fingerprint density at radius 3 is 2.65 bits per heavy atom. The number of hydrogen-bond acceptors (Lipinski definition) is 8. The van der Waals surface area contributed by atoms with Gasteiger partial charge in [-0.25, -0.2) is 0 Å². The molecule has 0 radical (unpaired) electrons. The molecule has 2 heterocycles. The lowest BCUT2D eigenvalue weighted by Gasteiger charge is -2.28. The van der Waals surface area contributed by atoms with Crippen LogP contribution in [-0.4, -0.2) is 65.6 Å². The van der Waals surface area contributed by atoms with E-state index in [0.29, 0.717) is 37.7 Å². The Morgan fingerprint density at radius 1 is 1.25 bits per heavy atom. The van der Waals surface area contributed by atoms with E-state index in [1.807, 2.05) is 4.90 Å². The van der Waals surface area contributed by atoms with Gasteiger partial charge in [0.05, 0.1) is 19.8 Å². The summed E-state index contributed by atoms with van der Waals surface area (Å²) >= 11 is 0. The highest BCUT2D eigenvalue weighted by Gasteiger charge is 2.31. The van der Waals surface area contributed by atoms with Gasteiger partial charge in [0.1, 0.15) is 0 Å². The number of morpholine rings is 1. The first-order valence-corrected chi connectivity index (χ1v) is 6.99. The number of ether oxygens (including phenoxy) is 1. The summed E-state index contributed by atoms with van der Waals surface area (Å²) in [5, 5.41) is 9.19. The van der Waals surface area contributed by atoms with Gasteiger partial charge in [0.25, 0.3) is 0 Å². The molecule has 110 valence electrons. The second-order valence-corrected chi connectivity index (χ2v) is 5.04. The molecule has 3 rings (SSSR count). The van der Waals surface area contributed by atoms with Gasteiger partial charge in [-0.3, -0.25) is 0 Å². The zero-order valence-electron chi connectivity index (χ0n) is 11.4. The SMILES string of the molecule is Nc1nc(N2CCOCC2)nc(N(CCO)C2CC2)n1. The molecule has 0 unspecified atom stereocenters. The molecule has 1 saturated carbocycles. The van der Waals surface area contributed by atoms with Gasteiger partial charge in [0.2, 0.25) is 17.8 Å². The topological polar surface area (TPSA) is 101 Å². The van der Waals surface area contributed by atoms with Gasteiger partial charge >= 0.3 is 0 Å². The van der Waals surface area contributed by atoms with Gasteiger partial charge in [-0.2, -0.15) is 15.0 Å². The normalized spacial score (nSPS) is 19.1. The van der Waals surface area contributed by atoms with Crippen molar-refractivity contribution in [3.05, 3.63) is 0 Å². The highest BCUT2D eigenvalue weighted by molar-refractivity contribution is 5.45. The lowest BCUT2D eigenvalue weighted by Crippen LogP contribution is -2.38. The summed E-state index contributed by atoms with van der Waals surface area (Å²) in [5.74, 6) is 1.38. The average Bonchev–Trinajstić information content (AvgIpc) is 3.29. The van der Waals surface area contributed by atoms with Crippen molar-refractivity contribution in [3.8, 4) is 0 Å². The first-order valence-electron chi connectivity index (χ1n) is 6.99. The molecule has 2 fully saturated rings. The molecule has 0 spiro atoms. The van der Waals surface area contributed by atoms with E-state index in [2.05, 4.69) is 19.9 Å². The number of aliphatic hydroxyl groups excluding tert-OH is 1.